The molecule has 2 fully saturated rings. The lowest BCUT2D eigenvalue weighted by Gasteiger charge is -2.29. The average molecular weight is 567 g/mol. The van der Waals surface area contributed by atoms with Crippen LogP contribution in [0.4, 0.5) is 5.69 Å². The summed E-state index contributed by atoms with van der Waals surface area (Å²) in [5.74, 6) is 0.300. The molecule has 0 atom stereocenters. The van der Waals surface area contributed by atoms with Crippen LogP contribution in [0.25, 0.3) is 10.8 Å². The summed E-state index contributed by atoms with van der Waals surface area (Å²) in [4.78, 5) is 4.97. The Morgan fingerprint density at radius 2 is 1.24 bits per heavy atom. The Balaban J connectivity index is 0.00000190. The predicted molar refractivity (Wildman–Crippen MR) is 156 cm³/mol. The van der Waals surface area contributed by atoms with Gasteiger partial charge in [0.05, 0.1) is 4.90 Å². The van der Waals surface area contributed by atoms with E-state index < -0.39 is 10.0 Å². The van der Waals surface area contributed by atoms with Gasteiger partial charge in [0.25, 0.3) is 10.0 Å². The van der Waals surface area contributed by atoms with E-state index >= 15 is 0 Å². The van der Waals surface area contributed by atoms with E-state index in [-0.39, 0.29) is 29.7 Å². The number of piperidine rings is 2. The lowest BCUT2D eigenvalue weighted by molar-refractivity contribution is 0.213. The molecule has 2 aliphatic rings. The van der Waals surface area contributed by atoms with Crippen LogP contribution in [-0.4, -0.2) is 49.5 Å². The quantitative estimate of drug-likeness (QED) is 0.335. The summed E-state index contributed by atoms with van der Waals surface area (Å²) >= 11 is 0. The number of halogens is 2. The van der Waals surface area contributed by atoms with Crippen LogP contribution >= 0.6 is 24.8 Å². The summed E-state index contributed by atoms with van der Waals surface area (Å²) in [6.45, 7) is 5.28. The Labute approximate surface area is 232 Å². The zero-order valence-electron chi connectivity index (χ0n) is 21.1. The first-order chi connectivity index (χ1) is 17.0. The molecule has 9 heteroatoms. The van der Waals surface area contributed by atoms with Crippen molar-refractivity contribution >= 4 is 51.3 Å². The highest BCUT2D eigenvalue weighted by Gasteiger charge is 2.22. The Kier molecular flexibility index (Phi) is 10.5. The van der Waals surface area contributed by atoms with Crippen molar-refractivity contribution in [1.82, 2.24) is 9.80 Å². The Bertz CT molecular complexity index is 1240. The van der Waals surface area contributed by atoms with Crippen LogP contribution in [0.2, 0.25) is 0 Å². The highest BCUT2D eigenvalue weighted by Crippen LogP contribution is 2.33. The SMILES string of the molecule is Cl.Cl.O=S(=O)(Nc1cc(CN2CCCCC2)c(O)c(CN2CCCCC2)c1)c1cccc2ccccc12. The van der Waals surface area contributed by atoms with E-state index in [1.54, 1.807) is 12.1 Å². The molecule has 0 aliphatic carbocycles. The number of nitrogens with one attached hydrogen (secondary N) is 1. The molecule has 0 amide bonds. The first-order valence-corrected chi connectivity index (χ1v) is 14.3. The molecule has 6 nitrogen and oxygen atoms in total. The van der Waals surface area contributed by atoms with Gasteiger partial charge in [0.1, 0.15) is 5.75 Å². The summed E-state index contributed by atoms with van der Waals surface area (Å²) in [7, 11) is -3.81. The second-order valence-corrected chi connectivity index (χ2v) is 11.6. The van der Waals surface area contributed by atoms with Crippen molar-refractivity contribution in [2.75, 3.05) is 30.9 Å². The van der Waals surface area contributed by atoms with Crippen LogP contribution in [0.15, 0.2) is 59.5 Å². The number of rotatable bonds is 7. The Hall–Kier alpha value is -2.03. The lowest BCUT2D eigenvalue weighted by Crippen LogP contribution is -2.30. The normalized spacial score (nSPS) is 17.1. The third-order valence-electron chi connectivity index (χ3n) is 7.24. The molecule has 3 aromatic carbocycles. The van der Waals surface area contributed by atoms with Crippen LogP contribution in [0.3, 0.4) is 0 Å². The van der Waals surface area contributed by atoms with E-state index in [0.29, 0.717) is 29.9 Å². The Morgan fingerprint density at radius 1 is 0.730 bits per heavy atom. The van der Waals surface area contributed by atoms with Crippen molar-refractivity contribution in [2.45, 2.75) is 56.5 Å². The predicted octanol–water partition coefficient (Wildman–Crippen LogP) is 6.16. The molecule has 2 N–H and O–H groups in total. The van der Waals surface area contributed by atoms with E-state index in [2.05, 4.69) is 14.5 Å². The van der Waals surface area contributed by atoms with Crippen molar-refractivity contribution in [3.63, 3.8) is 0 Å². The van der Waals surface area contributed by atoms with Crippen LogP contribution in [0.1, 0.15) is 49.7 Å². The number of nitrogens with zero attached hydrogens (tertiary/aromatic N) is 2. The third kappa shape index (κ3) is 7.09. The minimum Gasteiger partial charge on any atom is -0.507 e. The fourth-order valence-corrected chi connectivity index (χ4v) is 6.69. The molecular formula is C28H37Cl2N3O3S. The van der Waals surface area contributed by atoms with Gasteiger partial charge in [-0.3, -0.25) is 14.5 Å². The molecule has 5 rings (SSSR count). The minimum absolute atomic E-state index is 0. The maximum atomic E-state index is 13.5. The molecule has 2 heterocycles. The minimum atomic E-state index is -3.81. The van der Waals surface area contributed by atoms with Crippen molar-refractivity contribution in [1.29, 1.82) is 0 Å². The van der Waals surface area contributed by atoms with Gasteiger partial charge < -0.3 is 5.11 Å². The van der Waals surface area contributed by atoms with Gasteiger partial charge in [-0.1, -0.05) is 49.2 Å². The van der Waals surface area contributed by atoms with Gasteiger partial charge >= 0.3 is 0 Å². The van der Waals surface area contributed by atoms with E-state index in [1.165, 1.54) is 12.8 Å². The second-order valence-electron chi connectivity index (χ2n) is 9.90. The highest BCUT2D eigenvalue weighted by molar-refractivity contribution is 7.93. The monoisotopic (exact) mass is 565 g/mol. The van der Waals surface area contributed by atoms with Crippen LogP contribution in [0.5, 0.6) is 5.75 Å². The number of hydrogen-bond donors (Lipinski definition) is 2. The summed E-state index contributed by atoms with van der Waals surface area (Å²) in [5, 5.41) is 12.8. The zero-order valence-corrected chi connectivity index (χ0v) is 23.5. The number of fused-ring (bicyclic) bond motifs is 1. The fraction of sp³-hybridized carbons (Fsp3) is 0.429. The largest absolute Gasteiger partial charge is 0.507 e. The van der Waals surface area contributed by atoms with E-state index in [0.717, 1.165) is 68.4 Å². The van der Waals surface area contributed by atoms with Crippen LogP contribution in [0, 0.1) is 0 Å². The number of phenolic OH excluding ortho intramolecular Hbond substituents is 1. The smallest absolute Gasteiger partial charge is 0.262 e. The molecule has 0 spiro atoms. The molecule has 0 radical (unpaired) electrons. The molecule has 0 aromatic heterocycles. The van der Waals surface area contributed by atoms with E-state index in [9.17, 15) is 13.5 Å². The first-order valence-electron chi connectivity index (χ1n) is 12.8. The van der Waals surface area contributed by atoms with Gasteiger partial charge in [-0.05, 0) is 75.4 Å². The number of benzene rings is 3. The number of sulfonamides is 1. The molecule has 2 aliphatic heterocycles. The molecule has 0 saturated carbocycles. The summed E-state index contributed by atoms with van der Waals surface area (Å²) in [5.41, 5.74) is 2.09. The maximum Gasteiger partial charge on any atom is 0.262 e. The van der Waals surface area contributed by atoms with Gasteiger partial charge in [-0.15, -0.1) is 24.8 Å². The number of aromatic hydroxyl groups is 1. The van der Waals surface area contributed by atoms with Gasteiger partial charge in [0.15, 0.2) is 0 Å². The second kappa shape index (κ2) is 13.2. The molecule has 0 bridgehead atoms. The molecule has 202 valence electrons. The van der Waals surface area contributed by atoms with Crippen molar-refractivity contribution in [3.05, 3.63) is 65.7 Å². The zero-order chi connectivity index (χ0) is 24.3. The van der Waals surface area contributed by atoms with Gasteiger partial charge in [0.2, 0.25) is 0 Å². The summed E-state index contributed by atoms with van der Waals surface area (Å²) in [6.07, 6.45) is 7.13. The average Bonchev–Trinajstić information content (AvgIpc) is 2.87. The highest BCUT2D eigenvalue weighted by atomic mass is 35.5. The fourth-order valence-electron chi connectivity index (χ4n) is 5.42. The molecule has 3 aromatic rings. The van der Waals surface area contributed by atoms with Crippen LogP contribution in [-0.2, 0) is 23.1 Å². The number of phenols is 1. The summed E-state index contributed by atoms with van der Waals surface area (Å²) in [6, 6.07) is 16.5. The standard InChI is InChI=1S/C28H35N3O3S.2ClH/c32-28-23(20-30-14-5-1-6-15-30)18-25(19-24(28)21-31-16-7-2-8-17-31)29-35(33,34)27-13-9-11-22-10-3-4-12-26(22)27;;/h3-4,9-13,18-19,29,32H,1-2,5-8,14-17,20-21H2;2*1H. The maximum absolute atomic E-state index is 13.5. The van der Waals surface area contributed by atoms with Crippen LogP contribution < -0.4 is 4.72 Å². The number of likely N-dealkylation sites (tertiary alicyclic amines) is 2. The molecule has 37 heavy (non-hydrogen) atoms. The van der Waals surface area contributed by atoms with E-state index in [4.69, 9.17) is 0 Å². The van der Waals surface area contributed by atoms with Gasteiger partial charge in [-0.2, -0.15) is 0 Å². The van der Waals surface area contributed by atoms with E-state index in [1.807, 2.05) is 42.5 Å². The number of hydrogen-bond acceptors (Lipinski definition) is 5. The molecular weight excluding hydrogens is 529 g/mol. The van der Waals surface area contributed by atoms with Gasteiger partial charge in [0, 0.05) is 35.3 Å². The molecule has 0 unspecified atom stereocenters. The van der Waals surface area contributed by atoms with Crippen molar-refractivity contribution < 1.29 is 13.5 Å². The topological polar surface area (TPSA) is 72.9 Å². The lowest BCUT2D eigenvalue weighted by atomic mass is 10.0. The summed E-state index contributed by atoms with van der Waals surface area (Å²) < 4.78 is 29.9. The third-order valence-corrected chi connectivity index (χ3v) is 8.68. The number of anilines is 1. The van der Waals surface area contributed by atoms with Crippen molar-refractivity contribution in [3.8, 4) is 5.75 Å². The first kappa shape index (κ1) is 29.5. The van der Waals surface area contributed by atoms with Gasteiger partial charge in [-0.25, -0.2) is 8.42 Å². The Morgan fingerprint density at radius 3 is 1.81 bits per heavy atom. The van der Waals surface area contributed by atoms with Crippen molar-refractivity contribution in [2.24, 2.45) is 0 Å². The molecule has 2 saturated heterocycles.